The molecule has 322 valence electrons. The van der Waals surface area contributed by atoms with Crippen LogP contribution < -0.4 is 10.6 Å². The maximum Gasteiger partial charge on any atom is 0.407 e. The van der Waals surface area contributed by atoms with Gasteiger partial charge in [0.05, 0.1) is 6.10 Å². The van der Waals surface area contributed by atoms with Gasteiger partial charge >= 0.3 is 36.1 Å². The van der Waals surface area contributed by atoms with E-state index in [9.17, 15) is 28.8 Å². The fraction of sp³-hybridized carbons (Fsp3) is 0.415. The Kier molecular flexibility index (Phi) is 16.0. The lowest BCUT2D eigenvalue weighted by Gasteiger charge is -2.45. The Morgan fingerprint density at radius 3 is 1.87 bits per heavy atom. The smallest absolute Gasteiger partial charge is 0.407 e. The first-order valence-corrected chi connectivity index (χ1v) is 19.7. The largest absolute Gasteiger partial charge is 0.463 e. The molecule has 2 amide bonds. The van der Waals surface area contributed by atoms with Gasteiger partial charge in [0.25, 0.3) is 0 Å². The van der Waals surface area contributed by atoms with E-state index in [2.05, 4.69) is 10.6 Å². The molecule has 0 bridgehead atoms. The Bertz CT molecular complexity index is 1970. The van der Waals surface area contributed by atoms with Gasteiger partial charge in [-0.3, -0.25) is 14.4 Å². The van der Waals surface area contributed by atoms with Crippen LogP contribution in [0.3, 0.4) is 0 Å². The van der Waals surface area contributed by atoms with Gasteiger partial charge in [0.15, 0.2) is 24.5 Å². The number of hydrogen-bond donors (Lipinski definition) is 2. The minimum absolute atomic E-state index is 0.0889. The summed E-state index contributed by atoms with van der Waals surface area (Å²) in [6.45, 7) is 3.08. The van der Waals surface area contributed by atoms with Gasteiger partial charge < -0.3 is 48.5 Å². The molecule has 16 nitrogen and oxygen atoms in total. The topological polar surface area (TPSA) is 200 Å². The van der Waals surface area contributed by atoms with Crippen molar-refractivity contribution in [3.05, 3.63) is 95.6 Å². The molecule has 0 spiro atoms. The average molecular weight is 894 g/mol. The summed E-state index contributed by atoms with van der Waals surface area (Å²) in [7, 11) is 0. The first-order valence-electron chi connectivity index (χ1n) is 18.6. The van der Waals surface area contributed by atoms with Gasteiger partial charge in [-0.25, -0.2) is 14.4 Å². The number of alkyl carbamates (subject to hydrolysis) is 2. The molecule has 1 saturated heterocycles. The number of halogens is 3. The van der Waals surface area contributed by atoms with E-state index < -0.39 is 95.9 Å². The predicted octanol–water partition coefficient (Wildman–Crippen LogP) is 5.66. The van der Waals surface area contributed by atoms with Crippen LogP contribution in [0.15, 0.2) is 78.9 Å². The summed E-state index contributed by atoms with van der Waals surface area (Å²) in [6, 6.07) is 21.1. The van der Waals surface area contributed by atoms with Crippen molar-refractivity contribution < 1.29 is 66.7 Å². The molecule has 1 heterocycles. The third-order valence-electron chi connectivity index (χ3n) is 9.27. The Morgan fingerprint density at radius 1 is 0.700 bits per heavy atom. The number of fused-ring (bicyclic) bond motifs is 3. The highest BCUT2D eigenvalue weighted by atomic mass is 35.6. The van der Waals surface area contributed by atoms with Crippen molar-refractivity contribution in [3.8, 4) is 11.1 Å². The number of benzene rings is 3. The van der Waals surface area contributed by atoms with Crippen molar-refractivity contribution in [2.24, 2.45) is 0 Å². The number of alkyl halides is 3. The lowest BCUT2D eigenvalue weighted by Crippen LogP contribution is -2.67. The summed E-state index contributed by atoms with van der Waals surface area (Å²) in [5, 5.41) is 4.96. The van der Waals surface area contributed by atoms with Gasteiger partial charge in [-0.05, 0) is 34.7 Å². The van der Waals surface area contributed by atoms with Crippen molar-refractivity contribution in [2.45, 2.75) is 86.8 Å². The molecule has 0 aromatic heterocycles. The van der Waals surface area contributed by atoms with Crippen LogP contribution >= 0.6 is 34.8 Å². The molecule has 19 heteroatoms. The molecule has 60 heavy (non-hydrogen) atoms. The third kappa shape index (κ3) is 12.7. The number of rotatable bonds is 15. The fourth-order valence-corrected chi connectivity index (χ4v) is 6.90. The lowest BCUT2D eigenvalue weighted by molar-refractivity contribution is -0.287. The standard InChI is InChI=1S/C41H43Cl3N2O14/c1-22(57-38-34(46-40(52)56-21-41(42,43)44)36(59-25(4)49)35(58-24(3)48)32(60-38)20-53-23(2)47)33(37(50)54-18-26-12-6-5-7-13-26)45-39(51)55-19-31-29-16-10-8-14-27(29)28-15-9-11-17-30(28)31/h5-17,22,31-36,38H,18-21H2,1-4H3,(H,45,51)(H,46,52)/t22-,32?,33-,34?,35-,36-,38-/m1/s1. The maximum absolute atomic E-state index is 13.9. The first-order chi connectivity index (χ1) is 28.5. The Balaban J connectivity index is 1.43. The number of carbonyl (C=O) groups excluding carboxylic acids is 6. The van der Waals surface area contributed by atoms with E-state index in [4.69, 9.17) is 72.7 Å². The second-order valence-corrected chi connectivity index (χ2v) is 16.3. The van der Waals surface area contributed by atoms with Crippen molar-refractivity contribution in [2.75, 3.05) is 19.8 Å². The van der Waals surface area contributed by atoms with E-state index in [1.54, 1.807) is 30.3 Å². The van der Waals surface area contributed by atoms with Crippen LogP contribution in [0.5, 0.6) is 0 Å². The van der Waals surface area contributed by atoms with Crippen LogP contribution in [0, 0.1) is 0 Å². The Labute approximate surface area is 360 Å². The molecule has 7 atom stereocenters. The average Bonchev–Trinajstić information content (AvgIpc) is 3.52. The molecule has 1 aliphatic heterocycles. The minimum atomic E-state index is -2.02. The highest BCUT2D eigenvalue weighted by Gasteiger charge is 2.53. The van der Waals surface area contributed by atoms with E-state index >= 15 is 0 Å². The van der Waals surface area contributed by atoms with Gasteiger partial charge in [-0.15, -0.1) is 0 Å². The normalized spacial score (nSPS) is 20.6. The van der Waals surface area contributed by atoms with E-state index in [1.165, 1.54) is 6.92 Å². The summed E-state index contributed by atoms with van der Waals surface area (Å²) >= 11 is 17.3. The highest BCUT2D eigenvalue weighted by Crippen LogP contribution is 2.44. The second kappa shape index (κ2) is 20.9. The van der Waals surface area contributed by atoms with E-state index in [1.807, 2.05) is 48.5 Å². The van der Waals surface area contributed by atoms with Crippen molar-refractivity contribution in [1.29, 1.82) is 0 Å². The van der Waals surface area contributed by atoms with Gasteiger partial charge in [0, 0.05) is 26.7 Å². The molecule has 0 saturated carbocycles. The minimum Gasteiger partial charge on any atom is -0.463 e. The third-order valence-corrected chi connectivity index (χ3v) is 9.59. The summed E-state index contributed by atoms with van der Waals surface area (Å²) in [4.78, 5) is 77.2. The second-order valence-electron chi connectivity index (χ2n) is 13.7. The summed E-state index contributed by atoms with van der Waals surface area (Å²) in [6.07, 6.45) is -9.80. The Hall–Kier alpha value is -5.13. The van der Waals surface area contributed by atoms with E-state index in [0.29, 0.717) is 5.56 Å². The zero-order valence-corrected chi connectivity index (χ0v) is 35.1. The molecule has 1 aliphatic carbocycles. The summed E-state index contributed by atoms with van der Waals surface area (Å²) < 4.78 is 42.9. The number of carbonyl (C=O) groups is 6. The SMILES string of the molecule is CC(=O)OCC1O[C@@H](O[C@H](C)[C@@H](NC(=O)OCC2c3ccccc3-c3ccccc32)C(=O)OCc2ccccc2)C(NC(=O)OCC(Cl)(Cl)Cl)[C@@H](OC(C)=O)[C@@H]1OC(C)=O. The van der Waals surface area contributed by atoms with Crippen LogP contribution in [-0.2, 0) is 63.7 Å². The van der Waals surface area contributed by atoms with Crippen molar-refractivity contribution in [1.82, 2.24) is 10.6 Å². The van der Waals surface area contributed by atoms with Gasteiger partial charge in [0.1, 0.15) is 38.6 Å². The highest BCUT2D eigenvalue weighted by molar-refractivity contribution is 6.67. The van der Waals surface area contributed by atoms with Gasteiger partial charge in [0.2, 0.25) is 3.79 Å². The molecule has 3 aromatic carbocycles. The lowest BCUT2D eigenvalue weighted by atomic mass is 9.96. The van der Waals surface area contributed by atoms with Gasteiger partial charge in [-0.1, -0.05) is 114 Å². The number of esters is 4. The van der Waals surface area contributed by atoms with Crippen molar-refractivity contribution in [3.63, 3.8) is 0 Å². The molecule has 2 aliphatic rings. The monoisotopic (exact) mass is 892 g/mol. The summed E-state index contributed by atoms with van der Waals surface area (Å²) in [5.41, 5.74) is 4.57. The van der Waals surface area contributed by atoms with Crippen molar-refractivity contribution >= 4 is 70.9 Å². The molecule has 2 unspecified atom stereocenters. The van der Waals surface area contributed by atoms with Crippen LogP contribution in [-0.4, -0.2) is 102 Å². The molecular weight excluding hydrogens is 851 g/mol. The maximum atomic E-state index is 13.9. The zero-order chi connectivity index (χ0) is 43.6. The molecule has 2 N–H and O–H groups in total. The molecular formula is C41H43Cl3N2O14. The predicted molar refractivity (Wildman–Crippen MR) is 214 cm³/mol. The Morgan fingerprint density at radius 2 is 1.28 bits per heavy atom. The zero-order valence-electron chi connectivity index (χ0n) is 32.8. The van der Waals surface area contributed by atoms with E-state index in [-0.39, 0.29) is 19.1 Å². The van der Waals surface area contributed by atoms with Crippen LogP contribution in [0.2, 0.25) is 0 Å². The number of nitrogens with one attached hydrogen (secondary N) is 2. The molecule has 1 fully saturated rings. The molecule has 0 radical (unpaired) electrons. The molecule has 3 aromatic rings. The van der Waals surface area contributed by atoms with Crippen LogP contribution in [0.4, 0.5) is 9.59 Å². The fourth-order valence-electron chi connectivity index (χ4n) is 6.74. The first kappa shape index (κ1) is 45.9. The summed E-state index contributed by atoms with van der Waals surface area (Å²) in [5.74, 6) is -3.74. The van der Waals surface area contributed by atoms with Crippen LogP contribution in [0.25, 0.3) is 11.1 Å². The number of ether oxygens (including phenoxy) is 8. The molecule has 5 rings (SSSR count). The number of amides is 2. The number of hydrogen-bond acceptors (Lipinski definition) is 14. The van der Waals surface area contributed by atoms with Gasteiger partial charge in [-0.2, -0.15) is 0 Å². The van der Waals surface area contributed by atoms with E-state index in [0.717, 1.165) is 43.0 Å². The van der Waals surface area contributed by atoms with Crippen LogP contribution in [0.1, 0.15) is 50.3 Å². The quantitative estimate of drug-likeness (QED) is 0.108.